The summed E-state index contributed by atoms with van der Waals surface area (Å²) in [5.41, 5.74) is 4.92. The summed E-state index contributed by atoms with van der Waals surface area (Å²) in [4.78, 5) is 18.1. The van der Waals surface area contributed by atoms with E-state index in [0.717, 1.165) is 20.2 Å². The minimum atomic E-state index is -0.256. The lowest BCUT2D eigenvalue weighted by atomic mass is 10.2. The normalized spacial score (nSPS) is 10.7. The van der Waals surface area contributed by atoms with Crippen molar-refractivity contribution in [3.63, 3.8) is 0 Å². The standard InChI is InChI=1S/C21H14Br2N4OS/c22-14-11-16-18(17(23)12-14)25-19(13-7-3-1-4-8-13)27(20(16)28)26-21(29)24-15-9-5-2-6-10-15/h1-12H,(H2,24,26,29). The zero-order valence-corrected chi connectivity index (χ0v) is 18.9. The van der Waals surface area contributed by atoms with Crippen LogP contribution in [0.3, 0.4) is 0 Å². The van der Waals surface area contributed by atoms with Crippen molar-refractivity contribution in [2.45, 2.75) is 0 Å². The first-order chi connectivity index (χ1) is 14.0. The molecule has 0 saturated heterocycles. The molecule has 0 bridgehead atoms. The highest BCUT2D eigenvalue weighted by Crippen LogP contribution is 2.27. The Balaban J connectivity index is 1.85. The third-order valence-corrected chi connectivity index (χ3v) is 5.42. The molecule has 0 aliphatic carbocycles. The summed E-state index contributed by atoms with van der Waals surface area (Å²) in [6, 6.07) is 22.6. The van der Waals surface area contributed by atoms with Crippen LogP contribution in [0.2, 0.25) is 0 Å². The molecule has 5 nitrogen and oxygen atoms in total. The molecule has 1 heterocycles. The van der Waals surface area contributed by atoms with Crippen molar-refractivity contribution in [3.05, 3.63) is 92.1 Å². The van der Waals surface area contributed by atoms with Gasteiger partial charge in [0.15, 0.2) is 10.9 Å². The first-order valence-corrected chi connectivity index (χ1v) is 10.6. The Labute approximate surface area is 189 Å². The zero-order chi connectivity index (χ0) is 20.4. The summed E-state index contributed by atoms with van der Waals surface area (Å²) in [5.74, 6) is 0.461. The second-order valence-electron chi connectivity index (χ2n) is 6.16. The molecule has 29 heavy (non-hydrogen) atoms. The number of rotatable bonds is 3. The Kier molecular flexibility index (Phi) is 5.75. The van der Waals surface area contributed by atoms with Gasteiger partial charge in [0.05, 0.1) is 10.9 Å². The van der Waals surface area contributed by atoms with Gasteiger partial charge in [0.2, 0.25) is 0 Å². The van der Waals surface area contributed by atoms with Crippen LogP contribution in [0, 0.1) is 0 Å². The molecular weight excluding hydrogens is 516 g/mol. The first kappa shape index (κ1) is 19.8. The van der Waals surface area contributed by atoms with Crippen molar-refractivity contribution >= 4 is 65.8 Å². The molecule has 0 atom stereocenters. The SMILES string of the molecule is O=c1c2cc(Br)cc(Br)c2nc(-c2ccccc2)n1NC(=S)Nc1ccccc1. The Morgan fingerprint density at radius 3 is 2.31 bits per heavy atom. The van der Waals surface area contributed by atoms with Crippen LogP contribution < -0.4 is 16.3 Å². The molecule has 0 amide bonds. The highest BCUT2D eigenvalue weighted by molar-refractivity contribution is 9.11. The molecular formula is C21H14Br2N4OS. The summed E-state index contributed by atoms with van der Waals surface area (Å²) in [6.45, 7) is 0. The van der Waals surface area contributed by atoms with Gasteiger partial charge in [-0.2, -0.15) is 4.68 Å². The number of fused-ring (bicyclic) bond motifs is 1. The van der Waals surface area contributed by atoms with Crippen molar-refractivity contribution < 1.29 is 0 Å². The van der Waals surface area contributed by atoms with Gasteiger partial charge in [-0.05, 0) is 52.4 Å². The quantitative estimate of drug-likeness (QED) is 0.342. The maximum Gasteiger partial charge on any atom is 0.280 e. The van der Waals surface area contributed by atoms with E-state index in [1.165, 1.54) is 4.68 Å². The molecule has 4 aromatic rings. The summed E-state index contributed by atoms with van der Waals surface area (Å²) in [7, 11) is 0. The van der Waals surface area contributed by atoms with Gasteiger partial charge in [-0.1, -0.05) is 64.5 Å². The molecule has 1 aromatic heterocycles. The lowest BCUT2D eigenvalue weighted by molar-refractivity contribution is 0.909. The molecule has 0 radical (unpaired) electrons. The third-order valence-electron chi connectivity index (χ3n) is 4.17. The number of aromatic nitrogens is 2. The highest BCUT2D eigenvalue weighted by atomic mass is 79.9. The average Bonchev–Trinajstić information content (AvgIpc) is 2.72. The fourth-order valence-electron chi connectivity index (χ4n) is 2.88. The fraction of sp³-hybridized carbons (Fsp3) is 0. The zero-order valence-electron chi connectivity index (χ0n) is 14.9. The Morgan fingerprint density at radius 1 is 0.966 bits per heavy atom. The van der Waals surface area contributed by atoms with Crippen LogP contribution in [0.5, 0.6) is 0 Å². The molecule has 0 unspecified atom stereocenters. The molecule has 8 heteroatoms. The molecule has 0 saturated carbocycles. The molecule has 0 fully saturated rings. The maximum atomic E-state index is 13.3. The van der Waals surface area contributed by atoms with Crippen molar-refractivity contribution in [2.75, 3.05) is 10.7 Å². The first-order valence-electron chi connectivity index (χ1n) is 8.63. The van der Waals surface area contributed by atoms with E-state index < -0.39 is 0 Å². The molecule has 4 rings (SSSR count). The number of anilines is 1. The van der Waals surface area contributed by atoms with E-state index in [9.17, 15) is 4.79 Å². The largest absolute Gasteiger partial charge is 0.331 e. The minimum Gasteiger partial charge on any atom is -0.331 e. The number of thiocarbonyl (C=S) groups is 1. The predicted molar refractivity (Wildman–Crippen MR) is 129 cm³/mol. The Morgan fingerprint density at radius 2 is 1.62 bits per heavy atom. The van der Waals surface area contributed by atoms with E-state index in [-0.39, 0.29) is 10.7 Å². The van der Waals surface area contributed by atoms with Crippen LogP contribution in [0.15, 0.2) is 86.5 Å². The maximum absolute atomic E-state index is 13.3. The van der Waals surface area contributed by atoms with Gasteiger partial charge in [0.1, 0.15) is 0 Å². The monoisotopic (exact) mass is 528 g/mol. The number of nitrogens with zero attached hydrogens (tertiary/aromatic N) is 2. The molecule has 0 aliphatic heterocycles. The second kappa shape index (κ2) is 8.44. The van der Waals surface area contributed by atoms with E-state index >= 15 is 0 Å². The Hall–Kier alpha value is -2.55. The van der Waals surface area contributed by atoms with Crippen LogP contribution in [0.1, 0.15) is 0 Å². The third kappa shape index (κ3) is 4.24. The number of halogens is 2. The molecule has 144 valence electrons. The predicted octanol–water partition coefficient (Wildman–Crippen LogP) is 5.53. The molecule has 3 aromatic carbocycles. The number of nitrogens with one attached hydrogen (secondary N) is 2. The summed E-state index contributed by atoms with van der Waals surface area (Å²) in [6.07, 6.45) is 0. The van der Waals surface area contributed by atoms with Gasteiger partial charge in [-0.25, -0.2) is 4.98 Å². The van der Waals surface area contributed by atoms with Crippen molar-refractivity contribution in [1.29, 1.82) is 0 Å². The lowest BCUT2D eigenvalue weighted by Gasteiger charge is -2.17. The van der Waals surface area contributed by atoms with Crippen molar-refractivity contribution in [3.8, 4) is 11.4 Å². The number of para-hydroxylation sites is 1. The Bertz CT molecular complexity index is 1260. The van der Waals surface area contributed by atoms with Gasteiger partial charge in [0, 0.05) is 20.2 Å². The van der Waals surface area contributed by atoms with Crippen LogP contribution in [0.25, 0.3) is 22.3 Å². The number of benzene rings is 3. The number of hydrogen-bond donors (Lipinski definition) is 2. The van der Waals surface area contributed by atoms with Gasteiger partial charge in [0.25, 0.3) is 5.56 Å². The second-order valence-corrected chi connectivity index (χ2v) is 8.34. The molecule has 2 N–H and O–H groups in total. The van der Waals surface area contributed by atoms with Gasteiger partial charge in [-0.3, -0.25) is 10.2 Å². The summed E-state index contributed by atoms with van der Waals surface area (Å²) < 4.78 is 2.88. The number of hydrogen-bond acceptors (Lipinski definition) is 3. The van der Waals surface area contributed by atoms with Crippen LogP contribution in [-0.2, 0) is 0 Å². The van der Waals surface area contributed by atoms with E-state index in [4.69, 9.17) is 17.2 Å². The van der Waals surface area contributed by atoms with Gasteiger partial charge < -0.3 is 5.32 Å². The van der Waals surface area contributed by atoms with E-state index in [2.05, 4.69) is 42.6 Å². The van der Waals surface area contributed by atoms with E-state index in [1.54, 1.807) is 6.07 Å². The van der Waals surface area contributed by atoms with Crippen molar-refractivity contribution in [1.82, 2.24) is 9.66 Å². The van der Waals surface area contributed by atoms with Gasteiger partial charge in [-0.15, -0.1) is 0 Å². The highest BCUT2D eigenvalue weighted by Gasteiger charge is 2.16. The lowest BCUT2D eigenvalue weighted by Crippen LogP contribution is -2.37. The van der Waals surface area contributed by atoms with Crippen LogP contribution in [0.4, 0.5) is 5.69 Å². The van der Waals surface area contributed by atoms with Gasteiger partial charge >= 0.3 is 0 Å². The topological polar surface area (TPSA) is 59.0 Å². The fourth-order valence-corrected chi connectivity index (χ4v) is 4.40. The van der Waals surface area contributed by atoms with E-state index in [0.29, 0.717) is 16.7 Å². The summed E-state index contributed by atoms with van der Waals surface area (Å²) >= 11 is 12.4. The average molecular weight is 530 g/mol. The van der Waals surface area contributed by atoms with E-state index in [1.807, 2.05) is 66.7 Å². The van der Waals surface area contributed by atoms with Crippen molar-refractivity contribution in [2.24, 2.45) is 0 Å². The molecule has 0 aliphatic rings. The van der Waals surface area contributed by atoms with Crippen LogP contribution in [-0.4, -0.2) is 14.8 Å². The molecule has 0 spiro atoms. The van der Waals surface area contributed by atoms with Crippen LogP contribution >= 0.6 is 44.1 Å². The smallest absolute Gasteiger partial charge is 0.280 e. The minimum absolute atomic E-state index is 0.256. The summed E-state index contributed by atoms with van der Waals surface area (Å²) in [5, 5.41) is 3.82.